The van der Waals surface area contributed by atoms with Crippen molar-refractivity contribution in [2.45, 2.75) is 21.1 Å². The van der Waals surface area contributed by atoms with E-state index in [0.717, 1.165) is 32.2 Å². The molecular weight excluding hydrogens is 276 g/mol. The molecule has 2 aromatic rings. The lowest BCUT2D eigenvalue weighted by molar-refractivity contribution is 0.322. The van der Waals surface area contributed by atoms with E-state index in [1.54, 1.807) is 11.8 Å². The average Bonchev–Trinajstić information content (AvgIpc) is 2.46. The van der Waals surface area contributed by atoms with Gasteiger partial charge in [-0.2, -0.15) is 0 Å². The second kappa shape index (κ2) is 5.49. The van der Waals surface area contributed by atoms with E-state index in [1.165, 1.54) is 0 Å². The SMILES string of the molecule is O=S1c2ccccc2Cc2ccc(SCCO)cc21. The molecule has 19 heavy (non-hydrogen) atoms. The third-order valence-electron chi connectivity index (χ3n) is 3.15. The number of hydrogen-bond acceptors (Lipinski definition) is 3. The molecule has 4 heteroatoms. The fraction of sp³-hybridized carbons (Fsp3) is 0.200. The first-order valence-corrected chi connectivity index (χ1v) is 8.29. The summed E-state index contributed by atoms with van der Waals surface area (Å²) in [5.74, 6) is 0.669. The molecule has 1 aliphatic rings. The Balaban J connectivity index is 1.99. The van der Waals surface area contributed by atoms with Gasteiger partial charge in [-0.15, -0.1) is 11.8 Å². The van der Waals surface area contributed by atoms with Crippen LogP contribution >= 0.6 is 11.8 Å². The number of hydrogen-bond donors (Lipinski definition) is 1. The molecule has 0 saturated carbocycles. The van der Waals surface area contributed by atoms with Gasteiger partial charge < -0.3 is 5.11 Å². The van der Waals surface area contributed by atoms with Gasteiger partial charge in [0, 0.05) is 20.4 Å². The normalized spacial score (nSPS) is 16.8. The molecule has 0 bridgehead atoms. The predicted octanol–water partition coefficient (Wildman–Crippen LogP) is 2.84. The maximum absolute atomic E-state index is 12.6. The second-order valence-corrected chi connectivity index (χ2v) is 6.98. The molecular formula is C15H14O2S2. The monoisotopic (exact) mass is 290 g/mol. The Morgan fingerprint density at radius 2 is 1.89 bits per heavy atom. The van der Waals surface area contributed by atoms with Gasteiger partial charge in [0.15, 0.2) is 0 Å². The molecule has 0 amide bonds. The average molecular weight is 290 g/mol. The number of aliphatic hydroxyl groups excluding tert-OH is 1. The maximum Gasteiger partial charge on any atom is 0.0855 e. The van der Waals surface area contributed by atoms with Gasteiger partial charge in [0.2, 0.25) is 0 Å². The summed E-state index contributed by atoms with van der Waals surface area (Å²) in [7, 11) is -1.08. The molecule has 98 valence electrons. The van der Waals surface area contributed by atoms with Crippen LogP contribution in [-0.4, -0.2) is 21.7 Å². The number of fused-ring (bicyclic) bond motifs is 2. The quantitative estimate of drug-likeness (QED) is 0.754. The van der Waals surface area contributed by atoms with E-state index in [-0.39, 0.29) is 6.61 Å². The molecule has 0 fully saturated rings. The van der Waals surface area contributed by atoms with Crippen molar-refractivity contribution in [3.05, 3.63) is 53.6 Å². The first-order valence-electron chi connectivity index (χ1n) is 6.16. The molecule has 1 aliphatic heterocycles. The fourth-order valence-electron chi connectivity index (χ4n) is 2.26. The zero-order valence-electron chi connectivity index (χ0n) is 10.3. The Morgan fingerprint density at radius 1 is 1.11 bits per heavy atom. The summed E-state index contributed by atoms with van der Waals surface area (Å²) in [6, 6.07) is 14.0. The van der Waals surface area contributed by atoms with E-state index in [1.807, 2.05) is 36.4 Å². The van der Waals surface area contributed by atoms with Gasteiger partial charge >= 0.3 is 0 Å². The molecule has 1 N–H and O–H groups in total. The van der Waals surface area contributed by atoms with Gasteiger partial charge in [-0.05, 0) is 35.7 Å². The van der Waals surface area contributed by atoms with Gasteiger partial charge in [0.05, 0.1) is 17.4 Å². The van der Waals surface area contributed by atoms with E-state index in [9.17, 15) is 4.21 Å². The van der Waals surface area contributed by atoms with Crippen LogP contribution in [0.3, 0.4) is 0 Å². The van der Waals surface area contributed by atoms with Crippen LogP contribution in [0.4, 0.5) is 0 Å². The first kappa shape index (κ1) is 12.9. The maximum atomic E-state index is 12.6. The van der Waals surface area contributed by atoms with Crippen LogP contribution in [0.1, 0.15) is 11.1 Å². The van der Waals surface area contributed by atoms with E-state index in [0.29, 0.717) is 5.75 Å². The molecule has 2 nitrogen and oxygen atoms in total. The van der Waals surface area contributed by atoms with Gasteiger partial charge in [-0.3, -0.25) is 0 Å². The standard InChI is InChI=1S/C15H14O2S2/c16-7-8-18-13-6-5-12-9-11-3-1-2-4-14(11)19(17)15(12)10-13/h1-6,10,16H,7-9H2. The minimum atomic E-state index is -1.08. The summed E-state index contributed by atoms with van der Waals surface area (Å²) < 4.78 is 12.6. The van der Waals surface area contributed by atoms with Crippen LogP contribution in [-0.2, 0) is 17.2 Å². The van der Waals surface area contributed by atoms with Crippen molar-refractivity contribution in [1.29, 1.82) is 0 Å². The fourth-order valence-corrected chi connectivity index (χ4v) is 4.46. The summed E-state index contributed by atoms with van der Waals surface area (Å²) in [6.07, 6.45) is 0.849. The summed E-state index contributed by atoms with van der Waals surface area (Å²) in [5, 5.41) is 8.87. The molecule has 1 heterocycles. The van der Waals surface area contributed by atoms with E-state index in [2.05, 4.69) is 6.07 Å². The van der Waals surface area contributed by atoms with Gasteiger partial charge in [0.1, 0.15) is 0 Å². The van der Waals surface area contributed by atoms with Crippen molar-refractivity contribution in [1.82, 2.24) is 0 Å². The molecule has 1 unspecified atom stereocenters. The van der Waals surface area contributed by atoms with Gasteiger partial charge in [0.25, 0.3) is 0 Å². The highest BCUT2D eigenvalue weighted by molar-refractivity contribution is 7.99. The van der Waals surface area contributed by atoms with Crippen molar-refractivity contribution < 1.29 is 9.32 Å². The summed E-state index contributed by atoms with van der Waals surface area (Å²) in [6.45, 7) is 0.160. The number of thioether (sulfide) groups is 1. The van der Waals surface area contributed by atoms with Gasteiger partial charge in [-0.1, -0.05) is 24.3 Å². The topological polar surface area (TPSA) is 37.3 Å². The molecule has 2 aromatic carbocycles. The number of benzene rings is 2. The molecule has 0 spiro atoms. The van der Waals surface area contributed by atoms with Crippen LogP contribution in [0.25, 0.3) is 0 Å². The van der Waals surface area contributed by atoms with E-state index < -0.39 is 10.8 Å². The highest BCUT2D eigenvalue weighted by atomic mass is 32.2. The third kappa shape index (κ3) is 2.48. The Bertz CT molecular complexity index is 638. The van der Waals surface area contributed by atoms with Crippen LogP contribution < -0.4 is 0 Å². The lowest BCUT2D eigenvalue weighted by Crippen LogP contribution is -2.09. The smallest absolute Gasteiger partial charge is 0.0855 e. The van der Waals surface area contributed by atoms with Gasteiger partial charge in [-0.25, -0.2) is 4.21 Å². The lowest BCUT2D eigenvalue weighted by Gasteiger charge is -2.19. The van der Waals surface area contributed by atoms with Crippen molar-refractivity contribution in [3.63, 3.8) is 0 Å². The Kier molecular flexibility index (Phi) is 3.73. The minimum Gasteiger partial charge on any atom is -0.396 e. The summed E-state index contributed by atoms with van der Waals surface area (Å²) in [5.41, 5.74) is 2.30. The van der Waals surface area contributed by atoms with Crippen LogP contribution in [0.2, 0.25) is 0 Å². The number of aliphatic hydroxyl groups is 1. The minimum absolute atomic E-state index is 0.160. The van der Waals surface area contributed by atoms with Crippen LogP contribution in [0.5, 0.6) is 0 Å². The van der Waals surface area contributed by atoms with Crippen molar-refractivity contribution in [2.75, 3.05) is 12.4 Å². The van der Waals surface area contributed by atoms with Crippen LogP contribution in [0.15, 0.2) is 57.2 Å². The molecule has 0 aliphatic carbocycles. The summed E-state index contributed by atoms with van der Waals surface area (Å²) >= 11 is 1.59. The first-order chi connectivity index (χ1) is 9.29. The Morgan fingerprint density at radius 3 is 2.74 bits per heavy atom. The van der Waals surface area contributed by atoms with E-state index in [4.69, 9.17) is 5.11 Å². The molecule has 3 rings (SSSR count). The van der Waals surface area contributed by atoms with Crippen molar-refractivity contribution in [3.8, 4) is 0 Å². The zero-order valence-corrected chi connectivity index (χ0v) is 12.0. The third-order valence-corrected chi connectivity index (χ3v) is 5.70. The molecule has 0 saturated heterocycles. The highest BCUT2D eigenvalue weighted by Crippen LogP contribution is 2.33. The number of rotatable bonds is 3. The second-order valence-electron chi connectivity index (χ2n) is 4.39. The molecule has 0 radical (unpaired) electrons. The van der Waals surface area contributed by atoms with E-state index >= 15 is 0 Å². The Hall–Kier alpha value is -1.10. The Labute approximate surface area is 119 Å². The molecule has 0 aromatic heterocycles. The lowest BCUT2D eigenvalue weighted by atomic mass is 10.0. The largest absolute Gasteiger partial charge is 0.396 e. The van der Waals surface area contributed by atoms with Crippen molar-refractivity contribution >= 4 is 22.6 Å². The van der Waals surface area contributed by atoms with Crippen LogP contribution in [0, 0.1) is 0 Å². The predicted molar refractivity (Wildman–Crippen MR) is 78.2 cm³/mol. The summed E-state index contributed by atoms with van der Waals surface area (Å²) in [4.78, 5) is 2.92. The molecule has 1 atom stereocenters. The van der Waals surface area contributed by atoms with Crippen molar-refractivity contribution in [2.24, 2.45) is 0 Å². The highest BCUT2D eigenvalue weighted by Gasteiger charge is 2.21. The zero-order chi connectivity index (χ0) is 13.2.